The van der Waals surface area contributed by atoms with Crippen LogP contribution in [0.5, 0.6) is 0 Å². The Morgan fingerprint density at radius 2 is 1.42 bits per heavy atom. The van der Waals surface area contributed by atoms with Crippen LogP contribution in [-0.2, 0) is 11.5 Å². The minimum Gasteiger partial charge on any atom is -0.156 e. The van der Waals surface area contributed by atoms with Gasteiger partial charge in [-0.2, -0.15) is 35.3 Å². The minimum absolute atomic E-state index is 0.908. The Labute approximate surface area is 136 Å². The van der Waals surface area contributed by atoms with Crippen molar-refractivity contribution >= 4 is 56.9 Å². The highest BCUT2D eigenvalue weighted by Gasteiger charge is 2.21. The number of thioether (sulfide) groups is 3. The normalized spacial score (nSPS) is 25.1. The molecule has 19 heavy (non-hydrogen) atoms. The third-order valence-electron chi connectivity index (χ3n) is 3.03. The molecule has 5 heteroatoms. The highest BCUT2D eigenvalue weighted by Crippen LogP contribution is 2.42. The standard InChI is InChI=1S/C14H18S5/c1-3-12(6-16-8-14-10-18-19-14)4-2-11(1)5-15-7-13-9-17-13/h1-4,13-14H,5-10H2. The molecule has 0 bridgehead atoms. The lowest BCUT2D eigenvalue weighted by atomic mass is 10.2. The molecule has 2 fully saturated rings. The van der Waals surface area contributed by atoms with Crippen LogP contribution in [0.25, 0.3) is 0 Å². The molecule has 0 amide bonds. The average molecular weight is 347 g/mol. The number of hydrogen-bond acceptors (Lipinski definition) is 5. The van der Waals surface area contributed by atoms with E-state index in [0.717, 1.165) is 10.5 Å². The maximum absolute atomic E-state index is 2.32. The SMILES string of the molecule is c1cc(CSCC2CSS2)ccc1CSCC1CS1. The number of hydrogen-bond donors (Lipinski definition) is 0. The predicted octanol–water partition coefficient (Wildman–Crippen LogP) is 5.03. The van der Waals surface area contributed by atoms with Crippen molar-refractivity contribution in [1.29, 1.82) is 0 Å². The molecule has 1 aromatic carbocycles. The van der Waals surface area contributed by atoms with Crippen LogP contribution in [0.15, 0.2) is 24.3 Å². The lowest BCUT2D eigenvalue weighted by Gasteiger charge is -2.22. The first kappa shape index (κ1) is 14.9. The summed E-state index contributed by atoms with van der Waals surface area (Å²) in [5, 5.41) is 1.87. The fourth-order valence-electron chi connectivity index (χ4n) is 1.75. The van der Waals surface area contributed by atoms with Gasteiger partial charge < -0.3 is 0 Å². The van der Waals surface area contributed by atoms with Crippen molar-refractivity contribution in [2.24, 2.45) is 0 Å². The van der Waals surface area contributed by atoms with Gasteiger partial charge in [-0.15, -0.1) is 0 Å². The van der Waals surface area contributed by atoms with Gasteiger partial charge in [-0.05, 0) is 11.1 Å². The molecule has 2 aliphatic rings. The van der Waals surface area contributed by atoms with Crippen LogP contribution >= 0.6 is 56.9 Å². The van der Waals surface area contributed by atoms with Gasteiger partial charge in [-0.1, -0.05) is 45.9 Å². The first-order chi connectivity index (χ1) is 9.40. The molecular weight excluding hydrogens is 328 g/mol. The van der Waals surface area contributed by atoms with Crippen LogP contribution in [0.2, 0.25) is 0 Å². The van der Waals surface area contributed by atoms with E-state index in [0.29, 0.717) is 0 Å². The Morgan fingerprint density at radius 3 is 1.84 bits per heavy atom. The van der Waals surface area contributed by atoms with E-state index in [9.17, 15) is 0 Å². The van der Waals surface area contributed by atoms with E-state index >= 15 is 0 Å². The second-order valence-corrected chi connectivity index (χ2v) is 10.9. The Kier molecular flexibility index (Phi) is 6.14. The molecule has 0 radical (unpaired) electrons. The summed E-state index contributed by atoms with van der Waals surface area (Å²) >= 11 is 6.27. The molecule has 104 valence electrons. The molecule has 0 aliphatic carbocycles. The maximum atomic E-state index is 2.32. The Morgan fingerprint density at radius 1 is 0.895 bits per heavy atom. The van der Waals surface area contributed by atoms with Gasteiger partial charge in [0.1, 0.15) is 0 Å². The molecule has 0 N–H and O–H groups in total. The van der Waals surface area contributed by atoms with E-state index in [-0.39, 0.29) is 0 Å². The zero-order chi connectivity index (χ0) is 12.9. The largest absolute Gasteiger partial charge is 0.156 e. The van der Waals surface area contributed by atoms with Crippen LogP contribution in [0.3, 0.4) is 0 Å². The third kappa shape index (κ3) is 5.34. The smallest absolute Gasteiger partial charge is 0.0341 e. The van der Waals surface area contributed by atoms with E-state index < -0.39 is 0 Å². The molecule has 2 unspecified atom stereocenters. The topological polar surface area (TPSA) is 0 Å². The molecular formula is C14H18S5. The first-order valence-corrected chi connectivity index (χ1v) is 12.3. The van der Waals surface area contributed by atoms with Gasteiger partial charge in [0, 0.05) is 45.0 Å². The first-order valence-electron chi connectivity index (χ1n) is 6.53. The Bertz CT molecular complexity index is 383. The third-order valence-corrected chi connectivity index (χ3v) is 9.90. The van der Waals surface area contributed by atoms with Gasteiger partial charge in [0.2, 0.25) is 0 Å². The second kappa shape index (κ2) is 7.83. The van der Waals surface area contributed by atoms with Gasteiger partial charge in [0.15, 0.2) is 0 Å². The fourth-order valence-corrected chi connectivity index (χ4v) is 7.27. The summed E-state index contributed by atoms with van der Waals surface area (Å²) in [6.45, 7) is 0. The van der Waals surface area contributed by atoms with E-state index in [4.69, 9.17) is 0 Å². The van der Waals surface area contributed by atoms with E-state index in [1.165, 1.54) is 45.6 Å². The van der Waals surface area contributed by atoms with Crippen molar-refractivity contribution in [2.75, 3.05) is 23.0 Å². The summed E-state index contributed by atoms with van der Waals surface area (Å²) in [5.74, 6) is 7.75. The molecule has 2 saturated heterocycles. The van der Waals surface area contributed by atoms with Crippen LogP contribution in [0.4, 0.5) is 0 Å². The van der Waals surface area contributed by atoms with Gasteiger partial charge >= 0.3 is 0 Å². The quantitative estimate of drug-likeness (QED) is 0.477. The number of rotatable bonds is 8. The van der Waals surface area contributed by atoms with Crippen molar-refractivity contribution in [2.45, 2.75) is 22.0 Å². The lowest BCUT2D eigenvalue weighted by Crippen LogP contribution is -2.15. The summed E-state index contributed by atoms with van der Waals surface area (Å²) in [6, 6.07) is 9.27. The monoisotopic (exact) mass is 346 g/mol. The van der Waals surface area contributed by atoms with Crippen molar-refractivity contribution in [1.82, 2.24) is 0 Å². The van der Waals surface area contributed by atoms with E-state index in [2.05, 4.69) is 70.3 Å². The molecule has 2 aliphatic heterocycles. The summed E-state index contributed by atoms with van der Waals surface area (Å²) in [6.07, 6.45) is 0. The van der Waals surface area contributed by atoms with Crippen LogP contribution in [0.1, 0.15) is 11.1 Å². The van der Waals surface area contributed by atoms with Crippen molar-refractivity contribution in [3.63, 3.8) is 0 Å². The zero-order valence-corrected chi connectivity index (χ0v) is 14.8. The average Bonchev–Trinajstić information content (AvgIpc) is 3.18. The predicted molar refractivity (Wildman–Crippen MR) is 98.8 cm³/mol. The van der Waals surface area contributed by atoms with Gasteiger partial charge in [-0.3, -0.25) is 0 Å². The maximum Gasteiger partial charge on any atom is 0.0341 e. The van der Waals surface area contributed by atoms with Crippen LogP contribution in [-0.4, -0.2) is 33.5 Å². The molecule has 1 aromatic rings. The Balaban J connectivity index is 1.34. The molecule has 2 atom stereocenters. The molecule has 0 spiro atoms. The van der Waals surface area contributed by atoms with Crippen molar-refractivity contribution in [3.8, 4) is 0 Å². The van der Waals surface area contributed by atoms with E-state index in [1.807, 2.05) is 10.8 Å². The molecule has 2 heterocycles. The van der Waals surface area contributed by atoms with Crippen molar-refractivity contribution in [3.05, 3.63) is 35.4 Å². The van der Waals surface area contributed by atoms with Gasteiger partial charge in [-0.25, -0.2) is 0 Å². The summed E-state index contributed by atoms with van der Waals surface area (Å²) < 4.78 is 0. The lowest BCUT2D eigenvalue weighted by molar-refractivity contribution is 1.14. The second-order valence-electron chi connectivity index (χ2n) is 4.80. The van der Waals surface area contributed by atoms with Crippen LogP contribution < -0.4 is 0 Å². The van der Waals surface area contributed by atoms with Gasteiger partial charge in [0.05, 0.1) is 0 Å². The fraction of sp³-hybridized carbons (Fsp3) is 0.571. The highest BCUT2D eigenvalue weighted by molar-refractivity contribution is 8.79. The summed E-state index contributed by atoms with van der Waals surface area (Å²) in [7, 11) is 4.06. The summed E-state index contributed by atoms with van der Waals surface area (Å²) in [4.78, 5) is 0. The Hall–Kier alpha value is 0.970. The number of benzene rings is 1. The van der Waals surface area contributed by atoms with Crippen molar-refractivity contribution < 1.29 is 0 Å². The highest BCUT2D eigenvalue weighted by atomic mass is 33.1. The van der Waals surface area contributed by atoms with E-state index in [1.54, 1.807) is 0 Å². The molecule has 3 rings (SSSR count). The zero-order valence-electron chi connectivity index (χ0n) is 10.7. The summed E-state index contributed by atoms with van der Waals surface area (Å²) in [5.41, 5.74) is 2.96. The molecule has 0 saturated carbocycles. The van der Waals surface area contributed by atoms with Gasteiger partial charge in [0.25, 0.3) is 0 Å². The minimum atomic E-state index is 0.908. The molecule has 0 aromatic heterocycles. The molecule has 0 nitrogen and oxygen atoms in total. The van der Waals surface area contributed by atoms with Crippen LogP contribution in [0, 0.1) is 0 Å².